The van der Waals surface area contributed by atoms with Gasteiger partial charge in [-0.05, 0) is 72.1 Å². The summed E-state index contributed by atoms with van der Waals surface area (Å²) in [6.07, 6.45) is -0.185. The van der Waals surface area contributed by atoms with Crippen molar-refractivity contribution in [1.82, 2.24) is 20.4 Å². The van der Waals surface area contributed by atoms with Crippen molar-refractivity contribution in [3.05, 3.63) is 125 Å². The number of nitrogens with one attached hydrogen (secondary N) is 1. The van der Waals surface area contributed by atoms with Gasteiger partial charge in [-0.15, -0.1) is 0 Å². The Kier molecular flexibility index (Phi) is 9.24. The summed E-state index contributed by atoms with van der Waals surface area (Å²) in [6.45, 7) is 3.76. The summed E-state index contributed by atoms with van der Waals surface area (Å²) in [4.78, 5) is 45.8. The van der Waals surface area contributed by atoms with E-state index in [0.717, 1.165) is 28.4 Å². The number of rotatable bonds is 9. The largest absolute Gasteiger partial charge is 0.480 e. The molecule has 0 bridgehead atoms. The van der Waals surface area contributed by atoms with Gasteiger partial charge in [0.1, 0.15) is 17.7 Å². The second-order valence-corrected chi connectivity index (χ2v) is 11.5. The summed E-state index contributed by atoms with van der Waals surface area (Å²) < 4.78 is 33.7. The number of piperazine rings is 1. The third-order valence-electron chi connectivity index (χ3n) is 8.19. The molecular weight excluding hydrogens is 620 g/mol. The van der Waals surface area contributed by atoms with Crippen molar-refractivity contribution < 1.29 is 32.8 Å². The summed E-state index contributed by atoms with van der Waals surface area (Å²) in [6, 6.07) is 23.5. The molecule has 48 heavy (non-hydrogen) atoms. The van der Waals surface area contributed by atoms with Gasteiger partial charge in [0, 0.05) is 43.9 Å². The molecule has 1 unspecified atom stereocenters. The fourth-order valence-corrected chi connectivity index (χ4v) is 5.50. The number of halogens is 2. The van der Waals surface area contributed by atoms with Crippen LogP contribution in [0.1, 0.15) is 32.2 Å². The lowest BCUT2D eigenvalue weighted by molar-refractivity contribution is -0.139. The van der Waals surface area contributed by atoms with E-state index in [1.807, 2.05) is 42.2 Å². The Balaban J connectivity index is 1.08. The quantitative estimate of drug-likeness (QED) is 0.218. The van der Waals surface area contributed by atoms with Crippen LogP contribution in [-0.2, 0) is 11.2 Å². The standard InChI is InChI=1S/C36H31F2N5O5/c1-22-5-8-24(9-6-22)25-3-2-4-26(21-25)33(44)39-31(36(46)47)20-23-7-14-29(30(38)19-23)32-40-34(48-41-32)35(45)43-17-15-42(16-18-43)28-12-10-27(37)11-13-28/h2-14,19,21,31H,15-18,20H2,1H3,(H,39,44)(H,46,47). The lowest BCUT2D eigenvalue weighted by atomic mass is 10.0. The summed E-state index contributed by atoms with van der Waals surface area (Å²) >= 11 is 0. The molecule has 1 fully saturated rings. The third-order valence-corrected chi connectivity index (χ3v) is 8.19. The average molecular weight is 652 g/mol. The highest BCUT2D eigenvalue weighted by Gasteiger charge is 2.28. The minimum absolute atomic E-state index is 0.0356. The maximum atomic E-state index is 15.3. The summed E-state index contributed by atoms with van der Waals surface area (Å²) in [7, 11) is 0. The van der Waals surface area contributed by atoms with Gasteiger partial charge in [0.15, 0.2) is 0 Å². The zero-order valence-corrected chi connectivity index (χ0v) is 25.9. The first kappa shape index (κ1) is 32.0. The van der Waals surface area contributed by atoms with Gasteiger partial charge in [-0.3, -0.25) is 9.59 Å². The molecule has 1 saturated heterocycles. The Labute approximate surface area is 274 Å². The molecule has 2 heterocycles. The molecule has 0 saturated carbocycles. The first-order valence-corrected chi connectivity index (χ1v) is 15.3. The van der Waals surface area contributed by atoms with Gasteiger partial charge in [0.25, 0.3) is 5.91 Å². The van der Waals surface area contributed by atoms with E-state index in [4.69, 9.17) is 4.52 Å². The van der Waals surface area contributed by atoms with Crippen LogP contribution >= 0.6 is 0 Å². The molecule has 0 spiro atoms. The van der Waals surface area contributed by atoms with E-state index in [1.165, 1.54) is 24.3 Å². The minimum Gasteiger partial charge on any atom is -0.480 e. The van der Waals surface area contributed by atoms with Crippen LogP contribution in [0, 0.1) is 18.6 Å². The third kappa shape index (κ3) is 7.22. The molecule has 244 valence electrons. The van der Waals surface area contributed by atoms with Crippen LogP contribution in [-0.4, -0.2) is 70.2 Å². The van der Waals surface area contributed by atoms with Crippen molar-refractivity contribution >= 4 is 23.5 Å². The van der Waals surface area contributed by atoms with Crippen LogP contribution in [0.5, 0.6) is 0 Å². The second-order valence-electron chi connectivity index (χ2n) is 11.5. The van der Waals surface area contributed by atoms with Crippen molar-refractivity contribution in [1.29, 1.82) is 0 Å². The molecule has 1 atom stereocenters. The van der Waals surface area contributed by atoms with Crippen LogP contribution in [0.25, 0.3) is 22.5 Å². The predicted molar refractivity (Wildman–Crippen MR) is 173 cm³/mol. The molecule has 2 N–H and O–H groups in total. The van der Waals surface area contributed by atoms with Crippen LogP contribution in [0.3, 0.4) is 0 Å². The highest BCUT2D eigenvalue weighted by Crippen LogP contribution is 2.24. The number of hydrogen-bond donors (Lipinski definition) is 2. The average Bonchev–Trinajstić information content (AvgIpc) is 3.58. The first-order chi connectivity index (χ1) is 23.1. The van der Waals surface area contributed by atoms with E-state index in [2.05, 4.69) is 15.5 Å². The summed E-state index contributed by atoms with van der Waals surface area (Å²) in [5.74, 6) is -3.84. The zero-order valence-electron chi connectivity index (χ0n) is 25.9. The Morgan fingerprint density at radius 2 is 1.62 bits per heavy atom. The maximum Gasteiger partial charge on any atom is 0.326 e. The van der Waals surface area contributed by atoms with Gasteiger partial charge in [-0.2, -0.15) is 4.98 Å². The molecule has 1 aliphatic heterocycles. The topological polar surface area (TPSA) is 129 Å². The molecule has 0 radical (unpaired) electrons. The van der Waals surface area contributed by atoms with E-state index in [1.54, 1.807) is 35.2 Å². The molecule has 5 aromatic rings. The maximum absolute atomic E-state index is 15.3. The normalized spacial score (nSPS) is 13.6. The minimum atomic E-state index is -1.33. The monoisotopic (exact) mass is 651 g/mol. The van der Waals surface area contributed by atoms with E-state index >= 15 is 4.39 Å². The van der Waals surface area contributed by atoms with Crippen molar-refractivity contribution in [2.75, 3.05) is 31.1 Å². The Bertz CT molecular complexity index is 1950. The van der Waals surface area contributed by atoms with Crippen molar-refractivity contribution in [3.8, 4) is 22.5 Å². The number of aliphatic carboxylic acids is 1. The number of hydrogen-bond acceptors (Lipinski definition) is 7. The van der Waals surface area contributed by atoms with Crippen LogP contribution in [0.2, 0.25) is 0 Å². The highest BCUT2D eigenvalue weighted by atomic mass is 19.1. The molecule has 12 heteroatoms. The fourth-order valence-electron chi connectivity index (χ4n) is 5.50. The number of nitrogens with zero attached hydrogens (tertiary/aromatic N) is 4. The highest BCUT2D eigenvalue weighted by molar-refractivity contribution is 5.97. The van der Waals surface area contributed by atoms with Crippen molar-refractivity contribution in [3.63, 3.8) is 0 Å². The van der Waals surface area contributed by atoms with Gasteiger partial charge >= 0.3 is 17.8 Å². The number of benzene rings is 4. The van der Waals surface area contributed by atoms with Crippen LogP contribution in [0.4, 0.5) is 14.5 Å². The van der Waals surface area contributed by atoms with Crippen LogP contribution < -0.4 is 10.2 Å². The van der Waals surface area contributed by atoms with E-state index < -0.39 is 29.6 Å². The van der Waals surface area contributed by atoms with E-state index in [-0.39, 0.29) is 35.1 Å². The van der Waals surface area contributed by atoms with Crippen LogP contribution in [0.15, 0.2) is 95.5 Å². The molecule has 1 aliphatic rings. The molecule has 1 aromatic heterocycles. The lowest BCUT2D eigenvalue weighted by Crippen LogP contribution is -2.48. The Hall–Kier alpha value is -5.91. The molecule has 10 nitrogen and oxygen atoms in total. The van der Waals surface area contributed by atoms with Gasteiger partial charge < -0.3 is 24.7 Å². The number of aryl methyl sites for hydroxylation is 1. The van der Waals surface area contributed by atoms with Gasteiger partial charge in [0.2, 0.25) is 5.82 Å². The van der Waals surface area contributed by atoms with E-state index in [9.17, 15) is 23.9 Å². The number of carbonyl (C=O) groups is 3. The predicted octanol–water partition coefficient (Wildman–Crippen LogP) is 5.38. The van der Waals surface area contributed by atoms with Gasteiger partial charge in [0.05, 0.1) is 5.56 Å². The summed E-state index contributed by atoms with van der Waals surface area (Å²) in [5, 5.41) is 16.2. The zero-order chi connectivity index (χ0) is 33.8. The van der Waals surface area contributed by atoms with E-state index in [0.29, 0.717) is 31.7 Å². The summed E-state index contributed by atoms with van der Waals surface area (Å²) in [5.41, 5.74) is 4.25. The number of carboxylic acids is 1. The second kappa shape index (κ2) is 13.8. The fraction of sp³-hybridized carbons (Fsp3) is 0.194. The molecule has 6 rings (SSSR count). The lowest BCUT2D eigenvalue weighted by Gasteiger charge is -2.35. The molecule has 0 aliphatic carbocycles. The Morgan fingerprint density at radius 1 is 0.896 bits per heavy atom. The van der Waals surface area contributed by atoms with Crippen molar-refractivity contribution in [2.24, 2.45) is 0 Å². The Morgan fingerprint density at radius 3 is 2.31 bits per heavy atom. The number of carboxylic acid groups (broad SMARTS) is 1. The molecule has 2 amide bonds. The number of aromatic nitrogens is 2. The number of carbonyl (C=O) groups excluding carboxylic acids is 2. The van der Waals surface area contributed by atoms with Crippen molar-refractivity contribution in [2.45, 2.75) is 19.4 Å². The SMILES string of the molecule is Cc1ccc(-c2cccc(C(=O)NC(Cc3ccc(-c4noc(C(=O)N5CCN(c6ccc(F)cc6)CC5)n4)c(F)c3)C(=O)O)c2)cc1. The number of anilines is 1. The first-order valence-electron chi connectivity index (χ1n) is 15.3. The smallest absolute Gasteiger partial charge is 0.326 e. The van der Waals surface area contributed by atoms with Gasteiger partial charge in [-0.1, -0.05) is 53.2 Å². The number of amides is 2. The molecule has 4 aromatic carbocycles. The van der Waals surface area contributed by atoms with Gasteiger partial charge in [-0.25, -0.2) is 13.6 Å². The molecular formula is C36H31F2N5O5.